The lowest BCUT2D eigenvalue weighted by molar-refractivity contribution is -0.141. The van der Waals surface area contributed by atoms with Gasteiger partial charge in [-0.1, -0.05) is 199 Å². The van der Waals surface area contributed by atoms with E-state index in [4.69, 9.17) is 28.3 Å². The molecule has 0 bridgehead atoms. The molecule has 11 heteroatoms. The number of unbranched alkanes of at least 4 members (excludes halogenated alkanes) is 24. The normalized spacial score (nSPS) is 10.6. The molecule has 0 aliphatic rings. The zero-order chi connectivity index (χ0) is 34.3. The molecule has 0 spiro atoms. The summed E-state index contributed by atoms with van der Waals surface area (Å²) < 4.78 is 27.8. The molecule has 0 saturated heterocycles. The fraction of sp³-hybridized carbons (Fsp3) is 0.943. The number of halogens is 3. The molecule has 46 heavy (non-hydrogen) atoms. The molecule has 0 aromatic rings. The predicted molar refractivity (Wildman–Crippen MR) is 198 cm³/mol. The lowest BCUT2D eigenvalue weighted by atomic mass is 10.0. The highest BCUT2D eigenvalue weighted by atomic mass is 35.7. The number of carbonyl (C=O) groups is 2. The second-order valence-corrected chi connectivity index (χ2v) is 14.2. The van der Waals surface area contributed by atoms with Crippen molar-refractivity contribution >= 4 is 55.2 Å². The number of hydrogen-bond acceptors (Lipinski definition) is 6. The van der Waals surface area contributed by atoms with Gasteiger partial charge in [0.2, 0.25) is 0 Å². The first kappa shape index (κ1) is 52.5. The van der Waals surface area contributed by atoms with Gasteiger partial charge in [-0.2, -0.15) is 8.42 Å². The molecule has 7 nitrogen and oxygen atoms in total. The highest BCUT2D eigenvalue weighted by Crippen LogP contribution is 2.14. The Kier molecular flexibility index (Phi) is 51.1. The van der Waals surface area contributed by atoms with Crippen molar-refractivity contribution in [2.24, 2.45) is 0 Å². The molecular weight excluding hydrogens is 671 g/mol. The van der Waals surface area contributed by atoms with Crippen molar-refractivity contribution in [1.29, 1.82) is 0 Å². The molecule has 0 aromatic carbocycles. The summed E-state index contributed by atoms with van der Waals surface area (Å²) in [7, 11) is 0.665. The van der Waals surface area contributed by atoms with Gasteiger partial charge in [0.05, 0.1) is 0 Å². The Morgan fingerprint density at radius 2 is 0.804 bits per heavy atom. The molecule has 0 rings (SSSR count). The lowest BCUT2D eigenvalue weighted by Gasteiger charge is -2.03. The Bertz CT molecular complexity index is 710. The Morgan fingerprint density at radius 1 is 0.522 bits per heavy atom. The summed E-state index contributed by atoms with van der Waals surface area (Å²) in [5, 5.41) is 8.49. The number of rotatable bonds is 31. The molecule has 1 N–H and O–H groups in total. The number of aliphatic carboxylic acids is 1. The van der Waals surface area contributed by atoms with E-state index in [9.17, 15) is 18.0 Å². The third kappa shape index (κ3) is 59.2. The maximum atomic E-state index is 11.0. The zero-order valence-corrected chi connectivity index (χ0v) is 31.7. The van der Waals surface area contributed by atoms with E-state index >= 15 is 0 Å². The molecule has 0 heterocycles. The summed E-state index contributed by atoms with van der Waals surface area (Å²) in [6.45, 7) is 4.53. The summed E-state index contributed by atoms with van der Waals surface area (Å²) in [5.74, 6) is -0.818. The van der Waals surface area contributed by atoms with Crippen LogP contribution in [0.4, 0.5) is 0 Å². The van der Waals surface area contributed by atoms with E-state index in [1.165, 1.54) is 141 Å². The number of carboxylic acid groups (broad SMARTS) is 1. The highest BCUT2D eigenvalue weighted by Gasteiger charge is 2.02. The minimum absolute atomic E-state index is 0. The van der Waals surface area contributed by atoms with Gasteiger partial charge < -0.3 is 9.84 Å². The number of ether oxygens (including phenoxy) is 1. The van der Waals surface area contributed by atoms with E-state index in [0.29, 0.717) is 12.8 Å². The minimum atomic E-state index is -3.83. The van der Waals surface area contributed by atoms with Gasteiger partial charge in [-0.3, -0.25) is 9.59 Å². The maximum Gasteiger partial charge on any atom is 0.356 e. The van der Waals surface area contributed by atoms with Crippen molar-refractivity contribution in [3.63, 3.8) is 0 Å². The van der Waals surface area contributed by atoms with Gasteiger partial charge in [0, 0.05) is 23.5 Å². The lowest BCUT2D eigenvalue weighted by Crippen LogP contribution is -2.01. The fourth-order valence-electron chi connectivity index (χ4n) is 4.77. The summed E-state index contributed by atoms with van der Waals surface area (Å²) >= 11 is 10.1. The summed E-state index contributed by atoms with van der Waals surface area (Å²) in [6.07, 6.45) is 34.9. The first-order valence-electron chi connectivity index (χ1n) is 17.7. The van der Waals surface area contributed by atoms with E-state index in [1.807, 2.05) is 0 Å². The third-order valence-corrected chi connectivity index (χ3v) is 8.39. The van der Waals surface area contributed by atoms with Gasteiger partial charge in [-0.15, -0.1) is 0 Å². The fourth-order valence-corrected chi connectivity index (χ4v) is 5.62. The van der Waals surface area contributed by atoms with Crippen LogP contribution in [0.25, 0.3) is 0 Å². The van der Waals surface area contributed by atoms with Crippen LogP contribution in [0, 0.1) is 0 Å². The molecule has 0 atom stereocenters. The molecular formula is C35H71Cl3O7S. The first-order valence-corrected chi connectivity index (χ1v) is 21.0. The van der Waals surface area contributed by atoms with Crippen molar-refractivity contribution in [2.75, 3.05) is 12.1 Å². The Labute approximate surface area is 299 Å². The van der Waals surface area contributed by atoms with Crippen LogP contribution in [0.15, 0.2) is 0 Å². The zero-order valence-electron chi connectivity index (χ0n) is 28.7. The van der Waals surface area contributed by atoms with Crippen molar-refractivity contribution < 1.29 is 32.0 Å². The average molecular weight is 742 g/mol. The van der Waals surface area contributed by atoms with E-state index in [0.717, 1.165) is 25.7 Å². The van der Waals surface area contributed by atoms with Crippen LogP contribution in [-0.2, 0) is 27.8 Å². The van der Waals surface area contributed by atoms with Crippen molar-refractivity contribution in [1.82, 2.24) is 0 Å². The summed E-state index contributed by atoms with van der Waals surface area (Å²) in [6, 6.07) is -0.455. The smallest absolute Gasteiger partial charge is 0.356 e. The number of carboxylic acids is 1. The SMILES string of the molecule is C.CCCCCCCCCCCCCCCC(=O)O.CCCCCCCCCCCCCCCC(=O)OCCl.O=S(=O)(Cl)OCCl. The van der Waals surface area contributed by atoms with Gasteiger partial charge in [-0.05, 0) is 12.8 Å². The molecule has 0 fully saturated rings. The van der Waals surface area contributed by atoms with Crippen LogP contribution < -0.4 is 0 Å². The van der Waals surface area contributed by atoms with Crippen LogP contribution >= 0.6 is 33.9 Å². The van der Waals surface area contributed by atoms with Crippen molar-refractivity contribution in [3.05, 3.63) is 0 Å². The monoisotopic (exact) mass is 740 g/mol. The largest absolute Gasteiger partial charge is 0.481 e. The molecule has 0 unspecified atom stereocenters. The minimum Gasteiger partial charge on any atom is -0.481 e. The molecule has 0 saturated carbocycles. The number of esters is 1. The van der Waals surface area contributed by atoms with Crippen molar-refractivity contribution in [2.45, 2.75) is 201 Å². The second kappa shape index (κ2) is 44.7. The number of hydrogen-bond donors (Lipinski definition) is 1. The molecule has 0 aliphatic heterocycles. The van der Waals surface area contributed by atoms with Crippen LogP contribution in [0.5, 0.6) is 0 Å². The molecule has 280 valence electrons. The van der Waals surface area contributed by atoms with Gasteiger partial charge in [0.25, 0.3) is 0 Å². The first-order chi connectivity index (χ1) is 21.6. The number of carbonyl (C=O) groups excluding carboxylic acids is 1. The topological polar surface area (TPSA) is 107 Å². The highest BCUT2D eigenvalue weighted by molar-refractivity contribution is 8.10. The Balaban J connectivity index is -0.000000313. The van der Waals surface area contributed by atoms with Crippen LogP contribution in [0.1, 0.15) is 201 Å². The van der Waals surface area contributed by atoms with Gasteiger partial charge in [0.1, 0.15) is 6.07 Å². The van der Waals surface area contributed by atoms with E-state index < -0.39 is 21.4 Å². The van der Waals surface area contributed by atoms with Gasteiger partial charge >= 0.3 is 21.3 Å². The van der Waals surface area contributed by atoms with Gasteiger partial charge in [0.15, 0.2) is 6.07 Å². The van der Waals surface area contributed by atoms with E-state index in [1.54, 1.807) is 0 Å². The molecule has 0 aliphatic carbocycles. The quantitative estimate of drug-likeness (QED) is 0.0326. The Morgan fingerprint density at radius 3 is 1.02 bits per heavy atom. The molecule has 0 radical (unpaired) electrons. The molecule has 0 aromatic heterocycles. The predicted octanol–water partition coefficient (Wildman–Crippen LogP) is 13.1. The average Bonchev–Trinajstić information content (AvgIpc) is 2.98. The standard InChI is InChI=1S/C17H33ClO2.C16H32O2.CH2Cl2O3S.CH4/c1-2-3-4-5-6-7-8-9-10-11-12-13-14-15-17(19)20-16-18;1-2-3-4-5-6-7-8-9-10-11-12-13-14-15-16(17)18;2-1-6-7(3,4)5;/h2-16H2,1H3;2-15H2,1H3,(H,17,18);1H2;1H4. The van der Waals surface area contributed by atoms with Crippen molar-refractivity contribution in [3.8, 4) is 0 Å². The summed E-state index contributed by atoms with van der Waals surface area (Å²) in [4.78, 5) is 21.3. The van der Waals surface area contributed by atoms with E-state index in [2.05, 4.69) is 33.4 Å². The van der Waals surface area contributed by atoms with E-state index in [-0.39, 0.29) is 19.5 Å². The van der Waals surface area contributed by atoms with Gasteiger partial charge in [-0.25, -0.2) is 4.18 Å². The van der Waals surface area contributed by atoms with Crippen LogP contribution in [0.3, 0.4) is 0 Å². The maximum absolute atomic E-state index is 11.0. The second-order valence-electron chi connectivity index (χ2n) is 11.6. The molecule has 0 amide bonds. The summed E-state index contributed by atoms with van der Waals surface area (Å²) in [5.41, 5.74) is 0. The van der Waals surface area contributed by atoms with Crippen LogP contribution in [-0.4, -0.2) is 37.6 Å². The van der Waals surface area contributed by atoms with Crippen LogP contribution in [0.2, 0.25) is 0 Å². The third-order valence-electron chi connectivity index (χ3n) is 7.38. The Hall–Kier alpha value is -0.280. The number of alkyl halides is 2.